The van der Waals surface area contributed by atoms with Gasteiger partial charge in [-0.05, 0) is 29.7 Å². The topological polar surface area (TPSA) is 50.9 Å². The van der Waals surface area contributed by atoms with Crippen molar-refractivity contribution in [2.45, 2.75) is 19.1 Å². The number of aryl methyl sites for hydroxylation is 2. The molecule has 1 unspecified atom stereocenters. The molecule has 3 rings (SSSR count). The predicted octanol–water partition coefficient (Wildman–Crippen LogP) is 2.74. The van der Waals surface area contributed by atoms with E-state index in [0.29, 0.717) is 17.9 Å². The standard InChI is InChI=1S/C17H16FN3O/c18-15-8-6-14(7-9-15)16(22)17-20-19-12-21(17)11-10-13-4-2-1-3-5-13/h1-9,12,16,22H,10-11H2. The largest absolute Gasteiger partial charge is 0.380 e. The molecular formula is C17H16FN3O. The average molecular weight is 297 g/mol. The first kappa shape index (κ1) is 14.4. The van der Waals surface area contributed by atoms with E-state index in [2.05, 4.69) is 22.3 Å². The molecule has 0 amide bonds. The van der Waals surface area contributed by atoms with Crippen molar-refractivity contribution in [3.63, 3.8) is 0 Å². The van der Waals surface area contributed by atoms with Crippen molar-refractivity contribution in [2.24, 2.45) is 0 Å². The van der Waals surface area contributed by atoms with Gasteiger partial charge in [-0.25, -0.2) is 4.39 Å². The molecule has 2 aromatic carbocycles. The normalized spacial score (nSPS) is 12.3. The third-order valence-electron chi connectivity index (χ3n) is 3.56. The number of nitrogens with zero attached hydrogens (tertiary/aromatic N) is 3. The van der Waals surface area contributed by atoms with Gasteiger partial charge < -0.3 is 9.67 Å². The molecule has 0 saturated heterocycles. The number of benzene rings is 2. The molecule has 4 nitrogen and oxygen atoms in total. The van der Waals surface area contributed by atoms with Crippen LogP contribution in [0.15, 0.2) is 60.9 Å². The maximum atomic E-state index is 13.0. The summed E-state index contributed by atoms with van der Waals surface area (Å²) in [4.78, 5) is 0. The third-order valence-corrected chi connectivity index (χ3v) is 3.56. The van der Waals surface area contributed by atoms with Crippen molar-refractivity contribution >= 4 is 0 Å². The van der Waals surface area contributed by atoms with E-state index in [9.17, 15) is 9.50 Å². The third kappa shape index (κ3) is 3.20. The molecule has 112 valence electrons. The first-order chi connectivity index (χ1) is 10.7. The highest BCUT2D eigenvalue weighted by atomic mass is 19.1. The van der Waals surface area contributed by atoms with Crippen LogP contribution in [0.1, 0.15) is 23.1 Å². The minimum Gasteiger partial charge on any atom is -0.380 e. The Morgan fingerprint density at radius 2 is 1.77 bits per heavy atom. The Labute approximate surface area is 127 Å². The van der Waals surface area contributed by atoms with E-state index in [0.717, 1.165) is 6.42 Å². The summed E-state index contributed by atoms with van der Waals surface area (Å²) in [6, 6.07) is 15.8. The predicted molar refractivity (Wildman–Crippen MR) is 80.6 cm³/mol. The fraction of sp³-hybridized carbons (Fsp3) is 0.176. The van der Waals surface area contributed by atoms with E-state index >= 15 is 0 Å². The van der Waals surface area contributed by atoms with E-state index in [1.54, 1.807) is 18.5 Å². The van der Waals surface area contributed by atoms with Gasteiger partial charge in [0.2, 0.25) is 0 Å². The Kier molecular flexibility index (Phi) is 4.25. The van der Waals surface area contributed by atoms with Gasteiger partial charge in [0.25, 0.3) is 0 Å². The molecule has 5 heteroatoms. The molecule has 0 aliphatic heterocycles. The van der Waals surface area contributed by atoms with Gasteiger partial charge in [-0.2, -0.15) is 0 Å². The molecule has 0 fully saturated rings. The Morgan fingerprint density at radius 1 is 1.05 bits per heavy atom. The lowest BCUT2D eigenvalue weighted by Gasteiger charge is -2.12. The van der Waals surface area contributed by atoms with Gasteiger partial charge in [0.1, 0.15) is 18.2 Å². The summed E-state index contributed by atoms with van der Waals surface area (Å²) in [5, 5.41) is 18.3. The fourth-order valence-corrected chi connectivity index (χ4v) is 2.34. The van der Waals surface area contributed by atoms with Gasteiger partial charge in [0.15, 0.2) is 5.82 Å². The van der Waals surface area contributed by atoms with Crippen molar-refractivity contribution in [1.29, 1.82) is 0 Å². The second kappa shape index (κ2) is 6.49. The zero-order valence-corrected chi connectivity index (χ0v) is 11.9. The molecule has 0 bridgehead atoms. The van der Waals surface area contributed by atoms with Gasteiger partial charge in [-0.1, -0.05) is 42.5 Å². The van der Waals surface area contributed by atoms with Gasteiger partial charge in [-0.3, -0.25) is 0 Å². The van der Waals surface area contributed by atoms with Crippen LogP contribution < -0.4 is 0 Å². The second-order valence-corrected chi connectivity index (χ2v) is 5.07. The first-order valence-electron chi connectivity index (χ1n) is 7.09. The Hall–Kier alpha value is -2.53. The van der Waals surface area contributed by atoms with Crippen molar-refractivity contribution in [3.05, 3.63) is 83.7 Å². The van der Waals surface area contributed by atoms with E-state index in [1.807, 2.05) is 22.8 Å². The average Bonchev–Trinajstić information content (AvgIpc) is 3.02. The molecule has 22 heavy (non-hydrogen) atoms. The fourth-order valence-electron chi connectivity index (χ4n) is 2.34. The van der Waals surface area contributed by atoms with E-state index < -0.39 is 6.10 Å². The summed E-state index contributed by atoms with van der Waals surface area (Å²) >= 11 is 0. The Balaban J connectivity index is 1.75. The summed E-state index contributed by atoms with van der Waals surface area (Å²) in [6.45, 7) is 0.671. The molecule has 0 saturated carbocycles. The van der Waals surface area contributed by atoms with Crippen molar-refractivity contribution in [1.82, 2.24) is 14.8 Å². The summed E-state index contributed by atoms with van der Waals surface area (Å²) in [6.07, 6.45) is 1.51. The lowest BCUT2D eigenvalue weighted by Crippen LogP contribution is -2.11. The van der Waals surface area contributed by atoms with Crippen LogP contribution in [0.3, 0.4) is 0 Å². The lowest BCUT2D eigenvalue weighted by molar-refractivity contribution is 0.204. The van der Waals surface area contributed by atoms with Crippen LogP contribution in [0.2, 0.25) is 0 Å². The number of hydrogen-bond donors (Lipinski definition) is 1. The van der Waals surface area contributed by atoms with Crippen LogP contribution in [0.5, 0.6) is 0 Å². The molecular weight excluding hydrogens is 281 g/mol. The molecule has 0 aliphatic carbocycles. The highest BCUT2D eigenvalue weighted by Crippen LogP contribution is 2.20. The van der Waals surface area contributed by atoms with E-state index in [-0.39, 0.29) is 5.82 Å². The molecule has 1 atom stereocenters. The molecule has 1 aromatic heterocycles. The van der Waals surface area contributed by atoms with Crippen LogP contribution >= 0.6 is 0 Å². The summed E-state index contributed by atoms with van der Waals surface area (Å²) in [5.74, 6) is 0.129. The summed E-state index contributed by atoms with van der Waals surface area (Å²) in [7, 11) is 0. The van der Waals surface area contributed by atoms with Crippen LogP contribution in [-0.4, -0.2) is 19.9 Å². The van der Waals surface area contributed by atoms with Crippen LogP contribution in [-0.2, 0) is 13.0 Å². The van der Waals surface area contributed by atoms with Gasteiger partial charge in [-0.15, -0.1) is 10.2 Å². The number of aliphatic hydroxyl groups excluding tert-OH is 1. The molecule has 0 spiro atoms. The van der Waals surface area contributed by atoms with Gasteiger partial charge in [0, 0.05) is 6.54 Å². The van der Waals surface area contributed by atoms with Crippen molar-refractivity contribution in [3.8, 4) is 0 Å². The molecule has 0 radical (unpaired) electrons. The van der Waals surface area contributed by atoms with Crippen LogP contribution in [0.25, 0.3) is 0 Å². The number of rotatable bonds is 5. The minimum absolute atomic E-state index is 0.332. The second-order valence-electron chi connectivity index (χ2n) is 5.07. The molecule has 3 aromatic rings. The summed E-state index contributed by atoms with van der Waals surface area (Å²) < 4.78 is 14.8. The quantitative estimate of drug-likeness (QED) is 0.788. The smallest absolute Gasteiger partial charge is 0.166 e. The molecule has 0 aliphatic rings. The van der Waals surface area contributed by atoms with E-state index in [1.165, 1.54) is 17.7 Å². The van der Waals surface area contributed by atoms with Crippen molar-refractivity contribution in [2.75, 3.05) is 0 Å². The number of hydrogen-bond acceptors (Lipinski definition) is 3. The summed E-state index contributed by atoms with van der Waals surface area (Å²) in [5.41, 5.74) is 1.80. The van der Waals surface area contributed by atoms with E-state index in [4.69, 9.17) is 0 Å². The highest BCUT2D eigenvalue weighted by Gasteiger charge is 2.17. The first-order valence-corrected chi connectivity index (χ1v) is 7.09. The Bertz CT molecular complexity index is 725. The lowest BCUT2D eigenvalue weighted by atomic mass is 10.1. The van der Waals surface area contributed by atoms with Crippen LogP contribution in [0, 0.1) is 5.82 Å². The molecule has 1 heterocycles. The zero-order chi connectivity index (χ0) is 15.4. The van der Waals surface area contributed by atoms with Gasteiger partial charge >= 0.3 is 0 Å². The van der Waals surface area contributed by atoms with Crippen molar-refractivity contribution < 1.29 is 9.50 Å². The minimum atomic E-state index is -0.918. The van der Waals surface area contributed by atoms with Crippen LogP contribution in [0.4, 0.5) is 4.39 Å². The zero-order valence-electron chi connectivity index (χ0n) is 11.9. The highest BCUT2D eigenvalue weighted by molar-refractivity contribution is 5.23. The SMILES string of the molecule is OC(c1ccc(F)cc1)c1nncn1CCc1ccccc1. The number of aliphatic hydroxyl groups is 1. The number of halogens is 1. The number of aromatic nitrogens is 3. The molecule has 1 N–H and O–H groups in total. The maximum absolute atomic E-state index is 13.0. The Morgan fingerprint density at radius 3 is 2.50 bits per heavy atom. The monoisotopic (exact) mass is 297 g/mol. The maximum Gasteiger partial charge on any atom is 0.166 e. The van der Waals surface area contributed by atoms with Gasteiger partial charge in [0.05, 0.1) is 0 Å².